The van der Waals surface area contributed by atoms with E-state index in [1.807, 2.05) is 18.2 Å². The van der Waals surface area contributed by atoms with Crippen molar-refractivity contribution in [2.45, 2.75) is 38.8 Å². The molecular formula is C28H32N2O. The highest BCUT2D eigenvalue weighted by molar-refractivity contribution is 5.79. The predicted molar refractivity (Wildman–Crippen MR) is 127 cm³/mol. The van der Waals surface area contributed by atoms with Gasteiger partial charge in [-0.25, -0.2) is 0 Å². The zero-order valence-electron chi connectivity index (χ0n) is 18.5. The van der Waals surface area contributed by atoms with Gasteiger partial charge >= 0.3 is 0 Å². The summed E-state index contributed by atoms with van der Waals surface area (Å²) in [5.41, 5.74) is 5.05. The van der Waals surface area contributed by atoms with Crippen molar-refractivity contribution in [3.05, 3.63) is 107 Å². The molecule has 0 unspecified atom stereocenters. The van der Waals surface area contributed by atoms with Gasteiger partial charge < -0.3 is 5.32 Å². The van der Waals surface area contributed by atoms with Gasteiger partial charge in [0.15, 0.2) is 0 Å². The molecule has 0 aliphatic carbocycles. The van der Waals surface area contributed by atoms with Crippen molar-refractivity contribution in [3.8, 4) is 0 Å². The molecule has 1 N–H and O–H groups in total. The van der Waals surface area contributed by atoms with Gasteiger partial charge in [-0.2, -0.15) is 0 Å². The van der Waals surface area contributed by atoms with Crippen molar-refractivity contribution in [2.24, 2.45) is 5.92 Å². The Morgan fingerprint density at radius 3 is 2.39 bits per heavy atom. The van der Waals surface area contributed by atoms with E-state index in [4.69, 9.17) is 0 Å². The van der Waals surface area contributed by atoms with E-state index >= 15 is 0 Å². The molecule has 3 heteroatoms. The lowest BCUT2D eigenvalue weighted by Gasteiger charge is -2.38. The smallest absolute Gasteiger partial charge is 0.224 e. The SMILES string of the molecule is Cc1cccc([C@@H]2C[C@@H](C(=O)N[C@H](C)c3ccccc3)CN(Cc3ccccc3)C2)c1. The number of hydrogen-bond donors (Lipinski definition) is 1. The Morgan fingerprint density at radius 1 is 0.968 bits per heavy atom. The summed E-state index contributed by atoms with van der Waals surface area (Å²) in [7, 11) is 0. The molecule has 1 aliphatic rings. The van der Waals surface area contributed by atoms with E-state index < -0.39 is 0 Å². The Balaban J connectivity index is 1.51. The molecule has 3 aromatic rings. The summed E-state index contributed by atoms with van der Waals surface area (Å²) in [6, 6.07) is 29.5. The second kappa shape index (κ2) is 9.93. The number of nitrogens with zero attached hydrogens (tertiary/aromatic N) is 1. The molecule has 0 saturated carbocycles. The molecule has 1 fully saturated rings. The fraction of sp³-hybridized carbons (Fsp3) is 0.321. The third-order valence-electron chi connectivity index (χ3n) is 6.32. The van der Waals surface area contributed by atoms with Crippen LogP contribution in [0.2, 0.25) is 0 Å². The summed E-state index contributed by atoms with van der Waals surface area (Å²) in [6.45, 7) is 6.86. The zero-order chi connectivity index (χ0) is 21.6. The van der Waals surface area contributed by atoms with Crippen molar-refractivity contribution >= 4 is 5.91 Å². The minimum absolute atomic E-state index is 0.00983. The van der Waals surface area contributed by atoms with Crippen molar-refractivity contribution < 1.29 is 4.79 Å². The Morgan fingerprint density at radius 2 is 1.68 bits per heavy atom. The van der Waals surface area contributed by atoms with E-state index in [0.717, 1.165) is 31.6 Å². The van der Waals surface area contributed by atoms with Crippen LogP contribution in [0.5, 0.6) is 0 Å². The van der Waals surface area contributed by atoms with Crippen LogP contribution in [0.4, 0.5) is 0 Å². The third kappa shape index (κ3) is 5.62. The minimum Gasteiger partial charge on any atom is -0.349 e. The van der Waals surface area contributed by atoms with Crippen LogP contribution in [0.3, 0.4) is 0 Å². The van der Waals surface area contributed by atoms with Gasteiger partial charge in [0.2, 0.25) is 5.91 Å². The number of amides is 1. The van der Waals surface area contributed by atoms with Gasteiger partial charge in [0.05, 0.1) is 12.0 Å². The van der Waals surface area contributed by atoms with Crippen LogP contribution in [0.25, 0.3) is 0 Å². The molecule has 4 rings (SSSR count). The highest BCUT2D eigenvalue weighted by Crippen LogP contribution is 2.32. The molecule has 0 radical (unpaired) electrons. The number of hydrogen-bond acceptors (Lipinski definition) is 2. The van der Waals surface area contributed by atoms with Crippen molar-refractivity contribution in [2.75, 3.05) is 13.1 Å². The number of likely N-dealkylation sites (tertiary alicyclic amines) is 1. The van der Waals surface area contributed by atoms with Gasteiger partial charge in [-0.3, -0.25) is 9.69 Å². The largest absolute Gasteiger partial charge is 0.349 e. The van der Waals surface area contributed by atoms with Crippen molar-refractivity contribution in [3.63, 3.8) is 0 Å². The molecule has 3 aromatic carbocycles. The maximum Gasteiger partial charge on any atom is 0.224 e. The second-order valence-corrected chi connectivity index (χ2v) is 8.86. The zero-order valence-corrected chi connectivity index (χ0v) is 18.5. The van der Waals surface area contributed by atoms with Crippen LogP contribution < -0.4 is 5.32 Å². The van der Waals surface area contributed by atoms with Crippen LogP contribution in [0, 0.1) is 12.8 Å². The summed E-state index contributed by atoms with van der Waals surface area (Å²) in [4.78, 5) is 15.7. The van der Waals surface area contributed by atoms with Crippen LogP contribution in [0.15, 0.2) is 84.9 Å². The number of benzene rings is 3. The lowest BCUT2D eigenvalue weighted by molar-refractivity contribution is -0.127. The molecule has 1 amide bonds. The molecule has 0 spiro atoms. The molecule has 3 atom stereocenters. The van der Waals surface area contributed by atoms with Gasteiger partial charge in [-0.1, -0.05) is 90.5 Å². The van der Waals surface area contributed by atoms with E-state index in [1.54, 1.807) is 0 Å². The highest BCUT2D eigenvalue weighted by atomic mass is 16.2. The van der Waals surface area contributed by atoms with Crippen LogP contribution in [-0.2, 0) is 11.3 Å². The number of nitrogens with one attached hydrogen (secondary N) is 1. The Kier molecular flexibility index (Phi) is 6.83. The molecule has 0 aromatic heterocycles. The topological polar surface area (TPSA) is 32.3 Å². The van der Waals surface area contributed by atoms with Crippen LogP contribution in [-0.4, -0.2) is 23.9 Å². The number of carbonyl (C=O) groups is 1. The van der Waals surface area contributed by atoms with E-state index in [0.29, 0.717) is 5.92 Å². The maximum absolute atomic E-state index is 13.3. The Hall–Kier alpha value is -2.91. The quantitative estimate of drug-likeness (QED) is 0.582. The fourth-order valence-electron chi connectivity index (χ4n) is 4.67. The van der Waals surface area contributed by atoms with Gasteiger partial charge in [0.25, 0.3) is 0 Å². The third-order valence-corrected chi connectivity index (χ3v) is 6.32. The van der Waals surface area contributed by atoms with E-state index in [9.17, 15) is 4.79 Å². The number of aryl methyl sites for hydroxylation is 1. The Bertz CT molecular complexity index is 986. The monoisotopic (exact) mass is 412 g/mol. The summed E-state index contributed by atoms with van der Waals surface area (Å²) in [5, 5.41) is 3.27. The highest BCUT2D eigenvalue weighted by Gasteiger charge is 2.33. The average Bonchev–Trinajstić information content (AvgIpc) is 2.80. The second-order valence-electron chi connectivity index (χ2n) is 8.86. The number of carbonyl (C=O) groups excluding carboxylic acids is 1. The van der Waals surface area contributed by atoms with E-state index in [-0.39, 0.29) is 17.9 Å². The summed E-state index contributed by atoms with van der Waals surface area (Å²) < 4.78 is 0. The van der Waals surface area contributed by atoms with Crippen molar-refractivity contribution in [1.82, 2.24) is 10.2 Å². The van der Waals surface area contributed by atoms with Gasteiger partial charge in [-0.05, 0) is 42.9 Å². The van der Waals surface area contributed by atoms with Gasteiger partial charge in [-0.15, -0.1) is 0 Å². The summed E-state index contributed by atoms with van der Waals surface area (Å²) >= 11 is 0. The first kappa shape index (κ1) is 21.3. The normalized spacial score (nSPS) is 20.2. The average molecular weight is 413 g/mol. The summed E-state index contributed by atoms with van der Waals surface area (Å²) in [5.74, 6) is 0.501. The van der Waals surface area contributed by atoms with Crippen LogP contribution in [0.1, 0.15) is 47.6 Å². The lowest BCUT2D eigenvalue weighted by Crippen LogP contribution is -2.45. The van der Waals surface area contributed by atoms with Gasteiger partial charge in [0.1, 0.15) is 0 Å². The minimum atomic E-state index is -0.0193. The van der Waals surface area contributed by atoms with Crippen LogP contribution >= 0.6 is 0 Å². The number of piperidine rings is 1. The maximum atomic E-state index is 13.3. The van der Waals surface area contributed by atoms with E-state index in [1.165, 1.54) is 16.7 Å². The molecule has 160 valence electrons. The lowest BCUT2D eigenvalue weighted by atomic mass is 9.83. The molecule has 1 saturated heterocycles. The first-order valence-electron chi connectivity index (χ1n) is 11.3. The molecule has 3 nitrogen and oxygen atoms in total. The molecule has 31 heavy (non-hydrogen) atoms. The Labute approximate surface area is 186 Å². The summed E-state index contributed by atoms with van der Waals surface area (Å²) in [6.07, 6.45) is 0.891. The first-order valence-corrected chi connectivity index (χ1v) is 11.3. The number of rotatable bonds is 6. The van der Waals surface area contributed by atoms with E-state index in [2.05, 4.69) is 90.8 Å². The molecule has 1 aliphatic heterocycles. The predicted octanol–water partition coefficient (Wildman–Crippen LogP) is 5.48. The molecular weight excluding hydrogens is 380 g/mol. The first-order chi connectivity index (χ1) is 15.1. The van der Waals surface area contributed by atoms with Crippen molar-refractivity contribution in [1.29, 1.82) is 0 Å². The fourth-order valence-corrected chi connectivity index (χ4v) is 4.67. The standard InChI is InChI=1S/C28H32N2O/c1-21-10-9-15-25(16-21)26-17-27(20-30(19-26)18-23-11-5-3-6-12-23)28(31)29-22(2)24-13-7-4-8-14-24/h3-16,22,26-27H,17-20H2,1-2H3,(H,29,31)/t22-,26-,27-/m1/s1. The van der Waals surface area contributed by atoms with Gasteiger partial charge in [0, 0.05) is 19.6 Å². The molecule has 1 heterocycles. The molecule has 0 bridgehead atoms.